The van der Waals surface area contributed by atoms with Crippen LogP contribution in [0.15, 0.2) is 47.4 Å². The van der Waals surface area contributed by atoms with Crippen molar-refractivity contribution in [3.63, 3.8) is 0 Å². The molecular weight excluding hydrogens is 588 g/mol. The first-order valence-corrected chi connectivity index (χ1v) is 16.8. The lowest BCUT2D eigenvalue weighted by atomic mass is 9.68. The first-order valence-electron chi connectivity index (χ1n) is 15.2. The Morgan fingerprint density at radius 3 is 2.20 bits per heavy atom. The van der Waals surface area contributed by atoms with E-state index in [1.165, 1.54) is 6.07 Å². The number of rotatable bonds is 14. The minimum atomic E-state index is -3.80. The van der Waals surface area contributed by atoms with Gasteiger partial charge in [-0.05, 0) is 54.3 Å². The zero-order valence-electron chi connectivity index (χ0n) is 25.9. The number of aliphatic hydroxyl groups is 6. The van der Waals surface area contributed by atoms with Crippen LogP contribution in [0.3, 0.4) is 0 Å². The number of carbonyl (C=O) groups is 1. The van der Waals surface area contributed by atoms with Gasteiger partial charge >= 0.3 is 0 Å². The maximum Gasteiger partial charge on any atom is 0.256 e. The highest BCUT2D eigenvalue weighted by Crippen LogP contribution is 2.50. The minimum Gasteiger partial charge on any atom is -0.394 e. The predicted molar refractivity (Wildman–Crippen MR) is 168 cm³/mol. The van der Waals surface area contributed by atoms with Gasteiger partial charge in [0.05, 0.1) is 23.4 Å². The third kappa shape index (κ3) is 7.79. The van der Waals surface area contributed by atoms with E-state index in [-0.39, 0.29) is 16.3 Å². The summed E-state index contributed by atoms with van der Waals surface area (Å²) >= 11 is 0. The predicted octanol–water partition coefficient (Wildman–Crippen LogP) is 1.77. The van der Waals surface area contributed by atoms with Crippen LogP contribution in [0.1, 0.15) is 69.4 Å². The molecule has 1 aliphatic rings. The molecule has 1 amide bonds. The van der Waals surface area contributed by atoms with Gasteiger partial charge in [0, 0.05) is 36.8 Å². The number of sulfone groups is 1. The first kappa shape index (κ1) is 35.9. The molecule has 0 fully saturated rings. The highest BCUT2D eigenvalue weighted by Gasteiger charge is 2.49. The molecule has 1 aliphatic heterocycles. The Kier molecular flexibility index (Phi) is 12.3. The molecule has 1 heterocycles. The van der Waals surface area contributed by atoms with E-state index in [2.05, 4.69) is 5.32 Å². The molecule has 44 heavy (non-hydrogen) atoms. The Morgan fingerprint density at radius 1 is 1.00 bits per heavy atom. The van der Waals surface area contributed by atoms with Crippen molar-refractivity contribution in [2.75, 3.05) is 36.7 Å². The van der Waals surface area contributed by atoms with Crippen molar-refractivity contribution in [2.45, 2.75) is 93.7 Å². The summed E-state index contributed by atoms with van der Waals surface area (Å²) in [5.41, 5.74) is 1.05. The number of hydrogen-bond acceptors (Lipinski definition) is 10. The van der Waals surface area contributed by atoms with Gasteiger partial charge in [-0.15, -0.1) is 0 Å². The topological polar surface area (TPSA) is 188 Å². The van der Waals surface area contributed by atoms with Crippen molar-refractivity contribution in [2.24, 2.45) is 5.41 Å². The fourth-order valence-corrected chi connectivity index (χ4v) is 8.29. The van der Waals surface area contributed by atoms with Gasteiger partial charge in [-0.2, -0.15) is 0 Å². The number of anilines is 2. The summed E-state index contributed by atoms with van der Waals surface area (Å²) in [4.78, 5) is 14.8. The Labute approximate surface area is 260 Å². The average molecular weight is 637 g/mol. The number of fused-ring (bicyclic) bond motifs is 1. The summed E-state index contributed by atoms with van der Waals surface area (Å²) in [7, 11) is -0.112. The number of nitrogens with zero attached hydrogens (tertiary/aromatic N) is 1. The number of benzene rings is 2. The molecule has 0 bridgehead atoms. The van der Waals surface area contributed by atoms with E-state index in [1.807, 2.05) is 32.8 Å². The molecule has 7 N–H and O–H groups in total. The summed E-state index contributed by atoms with van der Waals surface area (Å²) in [6, 6.07) is 11.7. The van der Waals surface area contributed by atoms with Crippen molar-refractivity contribution in [1.82, 2.24) is 0 Å². The van der Waals surface area contributed by atoms with Crippen LogP contribution in [-0.4, -0.2) is 102 Å². The van der Waals surface area contributed by atoms with Crippen LogP contribution in [0, 0.1) is 5.41 Å². The molecule has 0 unspecified atom stereocenters. The normalized spacial score (nSPS) is 21.8. The summed E-state index contributed by atoms with van der Waals surface area (Å²) in [5.74, 6) is -2.03. The summed E-state index contributed by atoms with van der Waals surface area (Å²) in [5, 5.41) is 63.9. The Hall–Kier alpha value is -2.58. The lowest BCUT2D eigenvalue weighted by Crippen LogP contribution is -2.50. The minimum absolute atomic E-state index is 0.159. The molecule has 0 aromatic heterocycles. The van der Waals surface area contributed by atoms with E-state index < -0.39 is 64.2 Å². The van der Waals surface area contributed by atoms with Crippen molar-refractivity contribution in [1.29, 1.82) is 0 Å². The fourth-order valence-electron chi connectivity index (χ4n) is 6.09. The van der Waals surface area contributed by atoms with Crippen LogP contribution in [0.5, 0.6) is 0 Å². The summed E-state index contributed by atoms with van der Waals surface area (Å²) in [6.07, 6.45) is -4.83. The molecule has 6 atom stereocenters. The molecule has 0 saturated carbocycles. The third-order valence-corrected chi connectivity index (χ3v) is 10.7. The number of nitrogens with one attached hydrogen (secondary N) is 1. The van der Waals surface area contributed by atoms with Gasteiger partial charge in [0.25, 0.3) is 5.91 Å². The van der Waals surface area contributed by atoms with Crippen molar-refractivity contribution < 1.29 is 43.9 Å². The van der Waals surface area contributed by atoms with Crippen LogP contribution < -0.4 is 10.2 Å². The van der Waals surface area contributed by atoms with Gasteiger partial charge < -0.3 is 40.9 Å². The standard InChI is InChI=1S/C32H48N2O9S/c1-5-7-14-32(15-8-6-2)19-44(42,43)25-13-12-22(34(3)4)17-23(25)26(30(32)40)20-10-9-11-21(16-20)33-31(41)29(39)28(38)27(37)24(36)18-35/h9-13,16-17,24,26-30,35-40H,5-8,14-15,18-19H2,1-4H3,(H,33,41)/t24-,26-,27-,28+,29-,30-/m1/s1. The van der Waals surface area contributed by atoms with Gasteiger partial charge in [-0.3, -0.25) is 4.79 Å². The monoisotopic (exact) mass is 636 g/mol. The zero-order chi connectivity index (χ0) is 32.8. The highest BCUT2D eigenvalue weighted by molar-refractivity contribution is 7.91. The van der Waals surface area contributed by atoms with Crippen molar-refractivity contribution >= 4 is 27.1 Å². The van der Waals surface area contributed by atoms with Crippen LogP contribution in [-0.2, 0) is 14.6 Å². The molecular formula is C32H48N2O9S. The molecule has 246 valence electrons. The molecule has 0 spiro atoms. The van der Waals surface area contributed by atoms with E-state index in [9.17, 15) is 38.7 Å². The van der Waals surface area contributed by atoms with Gasteiger partial charge in [-0.25, -0.2) is 8.42 Å². The number of carbonyl (C=O) groups excluding carboxylic acids is 1. The van der Waals surface area contributed by atoms with Gasteiger partial charge in [0.15, 0.2) is 15.9 Å². The molecule has 2 aromatic rings. The Balaban J connectivity index is 2.14. The van der Waals surface area contributed by atoms with E-state index in [1.54, 1.807) is 36.4 Å². The maximum absolute atomic E-state index is 14.0. The zero-order valence-corrected chi connectivity index (χ0v) is 26.7. The second-order valence-corrected chi connectivity index (χ2v) is 14.1. The van der Waals surface area contributed by atoms with E-state index >= 15 is 0 Å². The average Bonchev–Trinajstić information content (AvgIpc) is 3.07. The van der Waals surface area contributed by atoms with Crippen molar-refractivity contribution in [3.05, 3.63) is 53.6 Å². The number of unbranched alkanes of at least 4 members (excludes halogenated alkanes) is 2. The molecule has 12 heteroatoms. The number of hydrogen-bond donors (Lipinski definition) is 7. The lowest BCUT2D eigenvalue weighted by molar-refractivity contribution is -0.144. The maximum atomic E-state index is 14.0. The van der Waals surface area contributed by atoms with Gasteiger partial charge in [0.2, 0.25) is 0 Å². The number of aliphatic hydroxyl groups excluding tert-OH is 6. The van der Waals surface area contributed by atoms with Crippen LogP contribution in [0.25, 0.3) is 0 Å². The summed E-state index contributed by atoms with van der Waals surface area (Å²) in [6.45, 7) is 3.17. The SMILES string of the molecule is CCCCC1(CCCC)CS(=O)(=O)c2ccc(N(C)C)cc2[C@@H](c2cccc(NC(=O)[C@H](O)[C@@H](O)[C@H](O)[C@H](O)CO)c2)[C@H]1O. The quantitative estimate of drug-likeness (QED) is 0.161. The summed E-state index contributed by atoms with van der Waals surface area (Å²) < 4.78 is 28.1. The Bertz CT molecular complexity index is 1360. The molecule has 11 nitrogen and oxygen atoms in total. The molecule has 0 saturated heterocycles. The van der Waals surface area contributed by atoms with Crippen LogP contribution in [0.4, 0.5) is 11.4 Å². The van der Waals surface area contributed by atoms with E-state index in [0.29, 0.717) is 24.0 Å². The second-order valence-electron chi connectivity index (χ2n) is 12.2. The van der Waals surface area contributed by atoms with E-state index in [0.717, 1.165) is 31.4 Å². The molecule has 0 radical (unpaired) electrons. The third-order valence-electron chi connectivity index (χ3n) is 8.69. The molecule has 2 aromatic carbocycles. The van der Waals surface area contributed by atoms with Crippen LogP contribution in [0.2, 0.25) is 0 Å². The first-order chi connectivity index (χ1) is 20.7. The molecule has 0 aliphatic carbocycles. The Morgan fingerprint density at radius 2 is 1.64 bits per heavy atom. The van der Waals surface area contributed by atoms with Crippen molar-refractivity contribution in [3.8, 4) is 0 Å². The largest absolute Gasteiger partial charge is 0.394 e. The second kappa shape index (κ2) is 15.1. The fraction of sp³-hybridized carbons (Fsp3) is 0.594. The number of amides is 1. The highest BCUT2D eigenvalue weighted by atomic mass is 32.2. The molecule has 3 rings (SSSR count). The van der Waals surface area contributed by atoms with E-state index in [4.69, 9.17) is 5.11 Å². The smallest absolute Gasteiger partial charge is 0.256 e. The van der Waals surface area contributed by atoms with Crippen LogP contribution >= 0.6 is 0 Å². The lowest BCUT2D eigenvalue weighted by Gasteiger charge is -2.40. The van der Waals surface area contributed by atoms with Gasteiger partial charge in [0.1, 0.15) is 18.3 Å². The van der Waals surface area contributed by atoms with Gasteiger partial charge in [-0.1, -0.05) is 51.7 Å².